The van der Waals surface area contributed by atoms with Gasteiger partial charge in [0, 0.05) is 46.9 Å². The van der Waals surface area contributed by atoms with Crippen LogP contribution in [0.5, 0.6) is 0 Å². The summed E-state index contributed by atoms with van der Waals surface area (Å²) in [5, 5.41) is 0. The average molecular weight is 333 g/mol. The highest BCUT2D eigenvalue weighted by Crippen LogP contribution is 2.44. The van der Waals surface area contributed by atoms with E-state index >= 15 is 0 Å². The van der Waals surface area contributed by atoms with Crippen molar-refractivity contribution in [3.05, 3.63) is 0 Å². The first-order valence-corrected chi connectivity index (χ1v) is 9.45. The summed E-state index contributed by atoms with van der Waals surface area (Å²) < 4.78 is 30.8. The Balaban J connectivity index is 2.06. The van der Waals surface area contributed by atoms with E-state index in [1.165, 1.54) is 6.26 Å². The van der Waals surface area contributed by atoms with Gasteiger partial charge in [0.05, 0.1) is 12.9 Å². The van der Waals surface area contributed by atoms with Crippen LogP contribution >= 0.6 is 0 Å². The van der Waals surface area contributed by atoms with Crippen LogP contribution < -0.4 is 0 Å². The Morgan fingerprint density at radius 2 is 1.91 bits per heavy atom. The first-order chi connectivity index (χ1) is 10.2. The van der Waals surface area contributed by atoms with Gasteiger partial charge in [0.2, 0.25) is 10.0 Å². The fourth-order valence-electron chi connectivity index (χ4n) is 3.67. The summed E-state index contributed by atoms with van der Waals surface area (Å²) in [6.07, 6.45) is 3.77. The number of piperidine rings is 1. The molecule has 2 rings (SSSR count). The van der Waals surface area contributed by atoms with E-state index in [1.54, 1.807) is 30.4 Å². The van der Waals surface area contributed by atoms with Crippen molar-refractivity contribution in [3.63, 3.8) is 0 Å². The highest BCUT2D eigenvalue weighted by Gasteiger charge is 2.48. The van der Waals surface area contributed by atoms with Crippen LogP contribution in [0.3, 0.4) is 0 Å². The van der Waals surface area contributed by atoms with Gasteiger partial charge < -0.3 is 14.5 Å². The first kappa shape index (κ1) is 17.5. The monoisotopic (exact) mass is 333 g/mol. The molecule has 8 heteroatoms. The second-order valence-corrected chi connectivity index (χ2v) is 8.72. The minimum atomic E-state index is -3.23. The lowest BCUT2D eigenvalue weighted by molar-refractivity contribution is 0.108. The summed E-state index contributed by atoms with van der Waals surface area (Å²) in [4.78, 5) is 15.5. The van der Waals surface area contributed by atoms with Crippen LogP contribution in [0.15, 0.2) is 0 Å². The molecule has 128 valence electrons. The molecular weight excluding hydrogens is 306 g/mol. The van der Waals surface area contributed by atoms with E-state index in [2.05, 4.69) is 0 Å². The van der Waals surface area contributed by atoms with E-state index in [9.17, 15) is 13.2 Å². The Hall–Kier alpha value is -0.860. The van der Waals surface area contributed by atoms with Crippen LogP contribution in [0.1, 0.15) is 19.3 Å². The van der Waals surface area contributed by atoms with Gasteiger partial charge in [0.15, 0.2) is 0 Å². The summed E-state index contributed by atoms with van der Waals surface area (Å²) in [5.74, 6) is 0. The van der Waals surface area contributed by atoms with Crippen LogP contribution in [0.25, 0.3) is 0 Å². The van der Waals surface area contributed by atoms with Crippen molar-refractivity contribution in [2.45, 2.75) is 25.3 Å². The van der Waals surface area contributed by atoms with Crippen LogP contribution in [-0.4, -0.2) is 88.3 Å². The van der Waals surface area contributed by atoms with Gasteiger partial charge >= 0.3 is 6.03 Å². The molecule has 0 bridgehead atoms. The largest absolute Gasteiger partial charge is 0.383 e. The Kier molecular flexibility index (Phi) is 5.03. The molecule has 2 aliphatic rings. The lowest BCUT2D eigenvalue weighted by Gasteiger charge is -2.40. The topological polar surface area (TPSA) is 70.2 Å². The van der Waals surface area contributed by atoms with Crippen molar-refractivity contribution in [2.75, 3.05) is 53.7 Å². The van der Waals surface area contributed by atoms with Gasteiger partial charge in [-0.15, -0.1) is 0 Å². The Morgan fingerprint density at radius 1 is 1.32 bits per heavy atom. The molecule has 2 fully saturated rings. The minimum absolute atomic E-state index is 0.0185. The predicted molar refractivity (Wildman–Crippen MR) is 84.2 cm³/mol. The summed E-state index contributed by atoms with van der Waals surface area (Å²) in [6, 6.07) is -0.0580. The van der Waals surface area contributed by atoms with Gasteiger partial charge in [0.1, 0.15) is 0 Å². The van der Waals surface area contributed by atoms with E-state index in [0.717, 1.165) is 19.3 Å². The molecule has 0 N–H and O–H groups in total. The molecule has 0 unspecified atom stereocenters. The smallest absolute Gasteiger partial charge is 0.319 e. The standard InChI is InChI=1S/C14H27N3O4S/c1-15(2)13(18)16-7-5-14(6-8-16)9-12(10-21-3)17(11-14)22(4,19)20/h12H,5-11H2,1-4H3/t12-/m0/s1. The summed E-state index contributed by atoms with van der Waals surface area (Å²) >= 11 is 0. The number of likely N-dealkylation sites (tertiary alicyclic amines) is 1. The predicted octanol–water partition coefficient (Wildman–Crippen LogP) is 0.431. The van der Waals surface area contributed by atoms with Crippen molar-refractivity contribution in [3.8, 4) is 0 Å². The fraction of sp³-hybridized carbons (Fsp3) is 0.929. The highest BCUT2D eigenvalue weighted by molar-refractivity contribution is 7.88. The number of methoxy groups -OCH3 is 1. The van der Waals surface area contributed by atoms with Gasteiger partial charge in [-0.3, -0.25) is 0 Å². The normalized spacial score (nSPS) is 25.6. The minimum Gasteiger partial charge on any atom is -0.383 e. The van der Waals surface area contributed by atoms with E-state index < -0.39 is 10.0 Å². The number of carbonyl (C=O) groups excluding carboxylic acids is 1. The molecule has 2 amide bonds. The summed E-state index contributed by atoms with van der Waals surface area (Å²) in [7, 11) is 1.88. The van der Waals surface area contributed by atoms with Crippen LogP contribution in [0.4, 0.5) is 4.79 Å². The highest BCUT2D eigenvalue weighted by atomic mass is 32.2. The Labute approximate surface area is 133 Å². The van der Waals surface area contributed by atoms with Crippen molar-refractivity contribution in [2.24, 2.45) is 5.41 Å². The number of amides is 2. The van der Waals surface area contributed by atoms with Gasteiger partial charge in [-0.2, -0.15) is 4.31 Å². The van der Waals surface area contributed by atoms with Crippen molar-refractivity contribution >= 4 is 16.1 Å². The quantitative estimate of drug-likeness (QED) is 0.751. The second-order valence-electron chi connectivity index (χ2n) is 6.79. The van der Waals surface area contributed by atoms with Crippen LogP contribution in [-0.2, 0) is 14.8 Å². The van der Waals surface area contributed by atoms with Crippen molar-refractivity contribution < 1.29 is 17.9 Å². The SMILES string of the molecule is COC[C@@H]1CC2(CCN(C(=O)N(C)C)CC2)CN1S(C)(=O)=O. The lowest BCUT2D eigenvalue weighted by atomic mass is 9.77. The molecule has 1 atom stereocenters. The maximum absolute atomic E-state index is 12.0. The number of sulfonamides is 1. The zero-order valence-electron chi connectivity index (χ0n) is 13.9. The van der Waals surface area contributed by atoms with Gasteiger partial charge in [-0.05, 0) is 24.7 Å². The van der Waals surface area contributed by atoms with E-state index in [0.29, 0.717) is 26.2 Å². The van der Waals surface area contributed by atoms with Crippen molar-refractivity contribution in [1.29, 1.82) is 0 Å². The van der Waals surface area contributed by atoms with Crippen molar-refractivity contribution in [1.82, 2.24) is 14.1 Å². The fourth-order valence-corrected chi connectivity index (χ4v) is 4.85. The van der Waals surface area contributed by atoms with Gasteiger partial charge in [-0.1, -0.05) is 0 Å². The first-order valence-electron chi connectivity index (χ1n) is 7.60. The van der Waals surface area contributed by atoms with E-state index in [-0.39, 0.29) is 17.5 Å². The maximum atomic E-state index is 12.0. The number of rotatable bonds is 3. The third-order valence-corrected chi connectivity index (χ3v) is 6.11. The van der Waals surface area contributed by atoms with E-state index in [1.807, 2.05) is 4.90 Å². The zero-order chi connectivity index (χ0) is 16.5. The lowest BCUT2D eigenvalue weighted by Crippen LogP contribution is -2.47. The summed E-state index contributed by atoms with van der Waals surface area (Å²) in [6.45, 7) is 2.35. The number of hydrogen-bond acceptors (Lipinski definition) is 4. The molecule has 1 spiro atoms. The second kappa shape index (κ2) is 6.33. The van der Waals surface area contributed by atoms with Gasteiger partial charge in [0.25, 0.3) is 0 Å². The summed E-state index contributed by atoms with van der Waals surface area (Å²) in [5.41, 5.74) is -0.0185. The number of urea groups is 1. The van der Waals surface area contributed by atoms with Crippen LogP contribution in [0.2, 0.25) is 0 Å². The van der Waals surface area contributed by atoms with E-state index in [4.69, 9.17) is 4.74 Å². The number of carbonyl (C=O) groups is 1. The molecule has 0 aromatic carbocycles. The van der Waals surface area contributed by atoms with Gasteiger partial charge in [-0.25, -0.2) is 13.2 Å². The third kappa shape index (κ3) is 3.55. The molecule has 7 nitrogen and oxygen atoms in total. The molecule has 0 aromatic rings. The third-order valence-electron chi connectivity index (χ3n) is 4.83. The molecule has 0 saturated carbocycles. The van der Waals surface area contributed by atoms with Crippen LogP contribution in [0, 0.1) is 5.41 Å². The molecular formula is C14H27N3O4S. The number of nitrogens with zero attached hydrogens (tertiary/aromatic N) is 3. The molecule has 2 aliphatic heterocycles. The molecule has 0 aliphatic carbocycles. The zero-order valence-corrected chi connectivity index (χ0v) is 14.7. The molecule has 0 aromatic heterocycles. The average Bonchev–Trinajstić information content (AvgIpc) is 2.78. The molecule has 2 saturated heterocycles. The molecule has 0 radical (unpaired) electrons. The maximum Gasteiger partial charge on any atom is 0.319 e. The number of ether oxygens (including phenoxy) is 1. The Morgan fingerprint density at radius 3 is 2.36 bits per heavy atom. The molecule has 2 heterocycles. The number of hydrogen-bond donors (Lipinski definition) is 0. The molecule has 22 heavy (non-hydrogen) atoms. The Bertz CT molecular complexity index is 512.